The summed E-state index contributed by atoms with van der Waals surface area (Å²) in [5, 5.41) is 0. The van der Waals surface area contributed by atoms with Gasteiger partial charge in [0.05, 0.1) is 0 Å². The fourth-order valence-corrected chi connectivity index (χ4v) is 8.00. The molecule has 0 fully saturated rings. The maximum absolute atomic E-state index is 12.8. The van der Waals surface area contributed by atoms with Crippen molar-refractivity contribution in [2.75, 3.05) is 13.2 Å². The van der Waals surface area contributed by atoms with Crippen LogP contribution in [0, 0.1) is 0 Å². The highest BCUT2D eigenvalue weighted by Crippen LogP contribution is 2.14. The highest BCUT2D eigenvalue weighted by molar-refractivity contribution is 5.71. The van der Waals surface area contributed by atoms with Crippen molar-refractivity contribution >= 4 is 17.9 Å². The third-order valence-corrected chi connectivity index (χ3v) is 12.4. The monoisotopic (exact) mass is 949 g/mol. The lowest BCUT2D eigenvalue weighted by molar-refractivity contribution is -0.167. The van der Waals surface area contributed by atoms with Gasteiger partial charge in [-0.2, -0.15) is 0 Å². The van der Waals surface area contributed by atoms with Crippen molar-refractivity contribution in [3.8, 4) is 0 Å². The lowest BCUT2D eigenvalue weighted by Crippen LogP contribution is -2.30. The van der Waals surface area contributed by atoms with E-state index >= 15 is 0 Å². The molecule has 6 heteroatoms. The summed E-state index contributed by atoms with van der Waals surface area (Å²) >= 11 is 0. The Kier molecular flexibility index (Phi) is 53.8. The van der Waals surface area contributed by atoms with Crippen LogP contribution in [0.4, 0.5) is 0 Å². The van der Waals surface area contributed by atoms with Gasteiger partial charge >= 0.3 is 17.9 Å². The van der Waals surface area contributed by atoms with Crippen molar-refractivity contribution in [2.24, 2.45) is 0 Å². The Morgan fingerprint density at radius 1 is 0.294 bits per heavy atom. The second-order valence-electron chi connectivity index (χ2n) is 19.2. The molecule has 0 aliphatic heterocycles. The van der Waals surface area contributed by atoms with Gasteiger partial charge < -0.3 is 14.2 Å². The van der Waals surface area contributed by atoms with Crippen LogP contribution >= 0.6 is 0 Å². The summed E-state index contributed by atoms with van der Waals surface area (Å²) in [5.41, 5.74) is 0. The minimum atomic E-state index is -0.792. The van der Waals surface area contributed by atoms with Crippen molar-refractivity contribution in [1.29, 1.82) is 0 Å². The van der Waals surface area contributed by atoms with Crippen LogP contribution in [-0.2, 0) is 28.6 Å². The SMILES string of the molecule is CCCCC/C=C\C/C=C\CCCCCCCC(=O)OC(COC(=O)CCCCCCC/C=C\CCCCCCC)COC(=O)CCCCCCCC/C=C\C/C=C\C/C=C\CCCCCCC. The van der Waals surface area contributed by atoms with Crippen LogP contribution in [0.1, 0.15) is 284 Å². The van der Waals surface area contributed by atoms with Gasteiger partial charge in [0.2, 0.25) is 0 Å². The molecule has 392 valence electrons. The molecule has 0 amide bonds. The Balaban J connectivity index is 4.41. The number of allylic oxidation sites excluding steroid dienone is 12. The first-order valence-electron chi connectivity index (χ1n) is 28.9. The molecule has 0 radical (unpaired) electrons. The Morgan fingerprint density at radius 2 is 0.529 bits per heavy atom. The number of unbranched alkanes of at least 4 members (excludes halogenated alkanes) is 29. The zero-order chi connectivity index (χ0) is 49.3. The van der Waals surface area contributed by atoms with Crippen LogP contribution in [0.3, 0.4) is 0 Å². The summed E-state index contributed by atoms with van der Waals surface area (Å²) in [4.78, 5) is 38.1. The Bertz CT molecular complexity index is 1270. The summed E-state index contributed by atoms with van der Waals surface area (Å²) in [7, 11) is 0. The van der Waals surface area contributed by atoms with E-state index in [0.29, 0.717) is 19.3 Å². The molecule has 0 aliphatic rings. The Hall–Kier alpha value is -3.15. The molecule has 0 N–H and O–H groups in total. The van der Waals surface area contributed by atoms with Gasteiger partial charge in [-0.15, -0.1) is 0 Å². The molecular formula is C62H108O6. The van der Waals surface area contributed by atoms with E-state index in [2.05, 4.69) is 93.7 Å². The summed E-state index contributed by atoms with van der Waals surface area (Å²) in [6.07, 6.45) is 71.7. The van der Waals surface area contributed by atoms with E-state index in [9.17, 15) is 14.4 Å². The average molecular weight is 950 g/mol. The Labute approximate surface area is 421 Å². The molecule has 0 saturated heterocycles. The normalized spacial score (nSPS) is 12.6. The third-order valence-electron chi connectivity index (χ3n) is 12.4. The molecule has 0 saturated carbocycles. The van der Waals surface area contributed by atoms with Gasteiger partial charge in [0.25, 0.3) is 0 Å². The van der Waals surface area contributed by atoms with E-state index in [0.717, 1.165) is 109 Å². The van der Waals surface area contributed by atoms with Crippen molar-refractivity contribution < 1.29 is 28.6 Å². The van der Waals surface area contributed by atoms with Gasteiger partial charge in [-0.05, 0) is 116 Å². The first-order chi connectivity index (χ1) is 33.5. The molecule has 0 aliphatic carbocycles. The van der Waals surface area contributed by atoms with E-state index < -0.39 is 6.10 Å². The van der Waals surface area contributed by atoms with Crippen molar-refractivity contribution in [2.45, 2.75) is 290 Å². The molecule has 0 aromatic rings. The van der Waals surface area contributed by atoms with Crippen LogP contribution < -0.4 is 0 Å². The predicted molar refractivity (Wildman–Crippen MR) is 293 cm³/mol. The van der Waals surface area contributed by atoms with E-state index in [4.69, 9.17) is 14.2 Å². The summed E-state index contributed by atoms with van der Waals surface area (Å²) in [5.74, 6) is -0.917. The minimum Gasteiger partial charge on any atom is -0.462 e. The van der Waals surface area contributed by atoms with Gasteiger partial charge in [-0.3, -0.25) is 14.4 Å². The van der Waals surface area contributed by atoms with E-state index in [1.165, 1.54) is 135 Å². The van der Waals surface area contributed by atoms with Crippen LogP contribution in [0.5, 0.6) is 0 Å². The fraction of sp³-hybridized carbons (Fsp3) is 0.758. The van der Waals surface area contributed by atoms with Crippen molar-refractivity contribution in [3.05, 3.63) is 72.9 Å². The topological polar surface area (TPSA) is 78.9 Å². The smallest absolute Gasteiger partial charge is 0.306 e. The zero-order valence-electron chi connectivity index (χ0n) is 44.9. The van der Waals surface area contributed by atoms with E-state index in [1.807, 2.05) is 0 Å². The number of hydrogen-bond donors (Lipinski definition) is 0. The Morgan fingerprint density at radius 3 is 0.868 bits per heavy atom. The third kappa shape index (κ3) is 53.8. The molecule has 6 nitrogen and oxygen atoms in total. The number of esters is 3. The maximum atomic E-state index is 12.8. The van der Waals surface area contributed by atoms with Gasteiger partial charge in [-0.1, -0.05) is 222 Å². The van der Waals surface area contributed by atoms with Crippen LogP contribution in [0.2, 0.25) is 0 Å². The summed E-state index contributed by atoms with van der Waals surface area (Å²) in [6.45, 7) is 6.58. The molecular weight excluding hydrogens is 841 g/mol. The minimum absolute atomic E-state index is 0.0895. The second-order valence-corrected chi connectivity index (χ2v) is 19.2. The van der Waals surface area contributed by atoms with Crippen LogP contribution in [0.15, 0.2) is 72.9 Å². The fourth-order valence-electron chi connectivity index (χ4n) is 8.00. The molecule has 0 aromatic carbocycles. The van der Waals surface area contributed by atoms with Gasteiger partial charge in [0.15, 0.2) is 6.10 Å². The van der Waals surface area contributed by atoms with Gasteiger partial charge in [-0.25, -0.2) is 0 Å². The number of rotatable bonds is 52. The van der Waals surface area contributed by atoms with Gasteiger partial charge in [0.1, 0.15) is 13.2 Å². The van der Waals surface area contributed by atoms with Crippen LogP contribution in [-0.4, -0.2) is 37.2 Å². The summed E-state index contributed by atoms with van der Waals surface area (Å²) < 4.78 is 16.8. The van der Waals surface area contributed by atoms with Crippen molar-refractivity contribution in [1.82, 2.24) is 0 Å². The van der Waals surface area contributed by atoms with E-state index in [-0.39, 0.29) is 31.1 Å². The largest absolute Gasteiger partial charge is 0.462 e. The van der Waals surface area contributed by atoms with Crippen LogP contribution in [0.25, 0.3) is 0 Å². The highest BCUT2D eigenvalue weighted by Gasteiger charge is 2.19. The molecule has 0 aromatic heterocycles. The molecule has 0 heterocycles. The van der Waals surface area contributed by atoms with Gasteiger partial charge in [0, 0.05) is 19.3 Å². The molecule has 68 heavy (non-hydrogen) atoms. The van der Waals surface area contributed by atoms with Crippen molar-refractivity contribution in [3.63, 3.8) is 0 Å². The standard InChI is InChI=1S/C62H108O6/c1-4-7-10-13-16-19-22-25-28-29-30-31-32-33-35-37-40-43-46-49-52-55-61(64)67-58-59(57-66-60(63)54-51-48-45-42-39-36-27-24-21-18-15-12-9-6-3)68-62(65)56-53-50-47-44-41-38-34-26-23-20-17-14-11-8-5-2/h17,20,22,24-27,29-30,32-34,59H,4-16,18-19,21,23,28,31,35-58H2,1-3H3/b20-17-,25-22-,27-24-,30-29-,33-32-,34-26-. The number of carbonyl (C=O) groups is 3. The lowest BCUT2D eigenvalue weighted by Gasteiger charge is -2.18. The first-order valence-corrected chi connectivity index (χ1v) is 28.9. The number of ether oxygens (including phenoxy) is 3. The first kappa shape index (κ1) is 64.8. The quantitative estimate of drug-likeness (QED) is 0.0262. The number of carbonyl (C=O) groups excluding carboxylic acids is 3. The lowest BCUT2D eigenvalue weighted by atomic mass is 10.1. The zero-order valence-corrected chi connectivity index (χ0v) is 44.9. The molecule has 0 bridgehead atoms. The molecule has 0 rings (SSSR count). The molecule has 1 unspecified atom stereocenters. The number of hydrogen-bond acceptors (Lipinski definition) is 6. The van der Waals surface area contributed by atoms with E-state index in [1.54, 1.807) is 0 Å². The maximum Gasteiger partial charge on any atom is 0.306 e. The second kappa shape index (κ2) is 56.4. The summed E-state index contributed by atoms with van der Waals surface area (Å²) in [6, 6.07) is 0. The molecule has 1 atom stereocenters. The average Bonchev–Trinajstić information content (AvgIpc) is 3.34. The highest BCUT2D eigenvalue weighted by atomic mass is 16.6. The molecule has 0 spiro atoms. The predicted octanol–water partition coefficient (Wildman–Crippen LogP) is 19.4.